The van der Waals surface area contributed by atoms with E-state index in [0.29, 0.717) is 5.82 Å². The zero-order valence-corrected chi connectivity index (χ0v) is 9.02. The molecule has 6 heteroatoms. The lowest BCUT2D eigenvalue weighted by molar-refractivity contribution is 0.165. The van der Waals surface area contributed by atoms with Gasteiger partial charge in [-0.25, -0.2) is 14.8 Å². The van der Waals surface area contributed by atoms with Gasteiger partial charge in [-0.05, 0) is 25.9 Å². The molecule has 2 amide bonds. The van der Waals surface area contributed by atoms with Crippen LogP contribution < -0.4 is 10.6 Å². The van der Waals surface area contributed by atoms with Crippen LogP contribution in [0.5, 0.6) is 0 Å². The summed E-state index contributed by atoms with van der Waals surface area (Å²) >= 11 is 0. The topological polar surface area (TPSA) is 69.1 Å². The van der Waals surface area contributed by atoms with Crippen molar-refractivity contribution in [2.75, 3.05) is 13.1 Å². The van der Waals surface area contributed by atoms with E-state index in [1.165, 1.54) is 17.4 Å². The van der Waals surface area contributed by atoms with Crippen LogP contribution in [0.1, 0.15) is 12.8 Å². The highest BCUT2D eigenvalue weighted by Gasteiger charge is 2.25. The molecule has 2 aliphatic rings. The van der Waals surface area contributed by atoms with E-state index in [-0.39, 0.29) is 12.1 Å². The Morgan fingerprint density at radius 3 is 2.88 bits per heavy atom. The Balaban J connectivity index is 2.11. The average molecular weight is 221 g/mol. The van der Waals surface area contributed by atoms with Gasteiger partial charge in [-0.2, -0.15) is 5.10 Å². The number of nitrogens with zero attached hydrogens (tertiary/aromatic N) is 3. The summed E-state index contributed by atoms with van der Waals surface area (Å²) in [4.78, 5) is 15.7. The lowest BCUT2D eigenvalue weighted by atomic mass is 10.1. The minimum absolute atomic E-state index is 0.150. The van der Waals surface area contributed by atoms with E-state index in [4.69, 9.17) is 0 Å². The van der Waals surface area contributed by atoms with Gasteiger partial charge in [0.2, 0.25) is 0 Å². The number of carbonyl (C=O) groups excluding carboxylic acids is 1. The first-order chi connectivity index (χ1) is 7.77. The molecule has 0 atom stereocenters. The molecule has 0 radical (unpaired) electrons. The first-order valence-corrected chi connectivity index (χ1v) is 5.34. The maximum atomic E-state index is 11.8. The smallest absolute Gasteiger partial charge is 0.317 e. The van der Waals surface area contributed by atoms with Gasteiger partial charge in [-0.15, -0.1) is 0 Å². The predicted octanol–water partition coefficient (Wildman–Crippen LogP) is 0.291. The van der Waals surface area contributed by atoms with Crippen LogP contribution in [0, 0.1) is 0 Å². The molecule has 0 aromatic rings. The molecule has 0 unspecified atom stereocenters. The molecule has 1 saturated heterocycles. The Bertz CT molecular complexity index is 343. The molecule has 2 rings (SSSR count). The number of hydrazone groups is 1. The fourth-order valence-corrected chi connectivity index (χ4v) is 1.80. The Kier molecular flexibility index (Phi) is 3.31. The minimum Gasteiger partial charge on any atom is -0.317 e. The largest absolute Gasteiger partial charge is 0.343 e. The number of aliphatic imine (C=N–C) groups is 1. The number of nitrogens with one attached hydrogen (secondary N) is 2. The van der Waals surface area contributed by atoms with Crippen molar-refractivity contribution in [2.24, 2.45) is 10.1 Å². The molecular formula is C10H15N5O. The molecule has 0 spiro atoms. The van der Waals surface area contributed by atoms with E-state index in [0.717, 1.165) is 25.9 Å². The Labute approximate surface area is 94.1 Å². The van der Waals surface area contributed by atoms with Gasteiger partial charge in [0.15, 0.2) is 0 Å². The highest BCUT2D eigenvalue weighted by Crippen LogP contribution is 2.13. The lowest BCUT2D eigenvalue weighted by Crippen LogP contribution is -2.47. The summed E-state index contributed by atoms with van der Waals surface area (Å²) in [5, 5.41) is 11.4. The molecule has 0 saturated carbocycles. The minimum atomic E-state index is -0.259. The maximum Gasteiger partial charge on any atom is 0.343 e. The number of piperidine rings is 1. The second-order valence-corrected chi connectivity index (χ2v) is 3.75. The number of urea groups is 1. The quantitative estimate of drug-likeness (QED) is 0.668. The molecule has 0 aliphatic carbocycles. The molecule has 0 bridgehead atoms. The van der Waals surface area contributed by atoms with Crippen LogP contribution in [0.2, 0.25) is 0 Å². The highest BCUT2D eigenvalue weighted by atomic mass is 16.2. The summed E-state index contributed by atoms with van der Waals surface area (Å²) in [5.41, 5.74) is 0. The summed E-state index contributed by atoms with van der Waals surface area (Å²) in [7, 11) is 0. The van der Waals surface area contributed by atoms with Crippen molar-refractivity contribution in [1.29, 1.82) is 0 Å². The van der Waals surface area contributed by atoms with Gasteiger partial charge in [0.25, 0.3) is 0 Å². The third kappa shape index (κ3) is 2.46. The fraction of sp³-hybridized carbons (Fsp3) is 0.500. The van der Waals surface area contributed by atoms with Gasteiger partial charge in [-0.1, -0.05) is 6.58 Å². The summed E-state index contributed by atoms with van der Waals surface area (Å²) in [6, 6.07) is -0.109. The highest BCUT2D eigenvalue weighted by molar-refractivity contribution is 6.16. The summed E-state index contributed by atoms with van der Waals surface area (Å²) in [6.07, 6.45) is 4.87. The molecule has 2 N–H and O–H groups in total. The van der Waals surface area contributed by atoms with Crippen LogP contribution in [-0.4, -0.2) is 42.6 Å². The van der Waals surface area contributed by atoms with Crippen LogP contribution in [0.4, 0.5) is 4.79 Å². The fourth-order valence-electron chi connectivity index (χ4n) is 1.80. The number of amides is 2. The third-order valence-corrected chi connectivity index (χ3v) is 2.60. The van der Waals surface area contributed by atoms with Crippen molar-refractivity contribution in [3.8, 4) is 0 Å². The average Bonchev–Trinajstić information content (AvgIpc) is 2.27. The van der Waals surface area contributed by atoms with E-state index < -0.39 is 0 Å². The zero-order chi connectivity index (χ0) is 11.4. The number of hydrogen-bond acceptors (Lipinski definition) is 4. The lowest BCUT2D eigenvalue weighted by Gasteiger charge is -2.31. The molecule has 2 heterocycles. The Morgan fingerprint density at radius 1 is 1.38 bits per heavy atom. The van der Waals surface area contributed by atoms with Gasteiger partial charge >= 0.3 is 6.03 Å². The van der Waals surface area contributed by atoms with E-state index >= 15 is 0 Å². The molecule has 2 aliphatic heterocycles. The normalized spacial score (nSPS) is 24.9. The second kappa shape index (κ2) is 4.89. The van der Waals surface area contributed by atoms with Crippen molar-refractivity contribution in [1.82, 2.24) is 15.6 Å². The van der Waals surface area contributed by atoms with E-state index in [1.54, 1.807) is 0 Å². The van der Waals surface area contributed by atoms with Gasteiger partial charge in [0, 0.05) is 6.21 Å². The van der Waals surface area contributed by atoms with E-state index in [1.807, 2.05) is 0 Å². The molecule has 86 valence electrons. The number of rotatable bonds is 1. The molecular weight excluding hydrogens is 206 g/mol. The van der Waals surface area contributed by atoms with Gasteiger partial charge in [-0.3, -0.25) is 5.32 Å². The van der Waals surface area contributed by atoms with Crippen molar-refractivity contribution in [3.05, 3.63) is 12.4 Å². The van der Waals surface area contributed by atoms with Crippen LogP contribution in [-0.2, 0) is 0 Å². The van der Waals surface area contributed by atoms with Crippen LogP contribution in [0.15, 0.2) is 22.5 Å². The standard InChI is InChI=1S/C10H15N5O/c1-8-12-6-7-13-15(10(16)14-8)9-2-4-11-5-3-9/h6-7,9,11H,1-5H2,(H,14,16)/b12-6?,13-7-. The number of carbonyl (C=O) groups is 1. The van der Waals surface area contributed by atoms with Crippen molar-refractivity contribution in [2.45, 2.75) is 18.9 Å². The van der Waals surface area contributed by atoms with E-state index in [2.05, 4.69) is 27.3 Å². The Hall–Kier alpha value is -1.69. The van der Waals surface area contributed by atoms with Crippen molar-refractivity contribution in [3.63, 3.8) is 0 Å². The van der Waals surface area contributed by atoms with Crippen molar-refractivity contribution < 1.29 is 4.79 Å². The molecule has 0 aromatic carbocycles. The zero-order valence-electron chi connectivity index (χ0n) is 9.02. The number of hydrogen-bond donors (Lipinski definition) is 2. The molecule has 16 heavy (non-hydrogen) atoms. The predicted molar refractivity (Wildman–Crippen MR) is 62.4 cm³/mol. The van der Waals surface area contributed by atoms with Crippen LogP contribution in [0.3, 0.4) is 0 Å². The first kappa shape index (κ1) is 10.8. The summed E-state index contributed by atoms with van der Waals surface area (Å²) in [5.74, 6) is 0.343. The Morgan fingerprint density at radius 2 is 2.12 bits per heavy atom. The van der Waals surface area contributed by atoms with Crippen LogP contribution >= 0.6 is 0 Å². The first-order valence-electron chi connectivity index (χ1n) is 5.34. The van der Waals surface area contributed by atoms with Gasteiger partial charge in [0.1, 0.15) is 5.82 Å². The van der Waals surface area contributed by atoms with Gasteiger partial charge < -0.3 is 5.32 Å². The van der Waals surface area contributed by atoms with Gasteiger partial charge in [0.05, 0.1) is 12.3 Å². The SMILES string of the molecule is C=C1N=C/C=N\N(C2CCNCC2)C(=O)N1. The van der Waals surface area contributed by atoms with E-state index in [9.17, 15) is 4.79 Å². The second-order valence-electron chi connectivity index (χ2n) is 3.75. The molecule has 1 fully saturated rings. The summed E-state index contributed by atoms with van der Waals surface area (Å²) in [6.45, 7) is 5.45. The van der Waals surface area contributed by atoms with Crippen LogP contribution in [0.25, 0.3) is 0 Å². The molecule has 0 aromatic heterocycles. The third-order valence-electron chi connectivity index (χ3n) is 2.60. The summed E-state index contributed by atoms with van der Waals surface area (Å²) < 4.78 is 0. The van der Waals surface area contributed by atoms with Crippen molar-refractivity contribution >= 4 is 18.5 Å². The monoisotopic (exact) mass is 221 g/mol. The maximum absolute atomic E-state index is 11.8. The molecule has 6 nitrogen and oxygen atoms in total.